The highest BCUT2D eigenvalue weighted by Crippen LogP contribution is 2.32. The second kappa shape index (κ2) is 11.9. The van der Waals surface area contributed by atoms with Crippen LogP contribution in [0.4, 0.5) is 11.4 Å². The van der Waals surface area contributed by atoms with E-state index in [1.165, 1.54) is 6.08 Å². The summed E-state index contributed by atoms with van der Waals surface area (Å²) in [5.41, 5.74) is 14.5. The normalized spacial score (nSPS) is 18.1. The van der Waals surface area contributed by atoms with Crippen molar-refractivity contribution in [3.8, 4) is 5.75 Å². The van der Waals surface area contributed by atoms with Gasteiger partial charge in [0.15, 0.2) is 0 Å². The highest BCUT2D eigenvalue weighted by molar-refractivity contribution is 5.87. The Kier molecular flexibility index (Phi) is 8.70. The number of allylic oxidation sites excluding steroid dienone is 1. The average molecular weight is 449 g/mol. The van der Waals surface area contributed by atoms with Crippen LogP contribution >= 0.6 is 0 Å². The monoisotopic (exact) mass is 448 g/mol. The van der Waals surface area contributed by atoms with Crippen molar-refractivity contribution in [1.82, 2.24) is 0 Å². The molecular formula is C27H32N2O4. The Morgan fingerprint density at radius 3 is 2.42 bits per heavy atom. The van der Waals surface area contributed by atoms with Crippen LogP contribution in [0.15, 0.2) is 61.2 Å². The molecule has 1 saturated carbocycles. The van der Waals surface area contributed by atoms with Gasteiger partial charge in [-0.15, -0.1) is 6.58 Å². The van der Waals surface area contributed by atoms with Crippen molar-refractivity contribution in [2.24, 2.45) is 11.8 Å². The molecule has 0 aliphatic heterocycles. The largest absolute Gasteiger partial charge is 0.462 e. The number of hydrogen-bond acceptors (Lipinski definition) is 6. The van der Waals surface area contributed by atoms with E-state index in [-0.39, 0.29) is 18.5 Å². The molecule has 0 unspecified atom stereocenters. The molecule has 174 valence electrons. The maximum absolute atomic E-state index is 12.4. The highest BCUT2D eigenvalue weighted by atomic mass is 16.5. The number of nitrogens with two attached hydrogens (primary N) is 2. The van der Waals surface area contributed by atoms with Crippen molar-refractivity contribution in [3.63, 3.8) is 0 Å². The molecule has 0 saturated heterocycles. The zero-order valence-electron chi connectivity index (χ0n) is 18.9. The molecule has 0 aromatic heterocycles. The van der Waals surface area contributed by atoms with Gasteiger partial charge in [0.05, 0.1) is 12.5 Å². The van der Waals surface area contributed by atoms with E-state index >= 15 is 0 Å². The molecule has 2 aromatic carbocycles. The van der Waals surface area contributed by atoms with Crippen molar-refractivity contribution in [2.45, 2.75) is 38.5 Å². The van der Waals surface area contributed by atoms with Gasteiger partial charge in [-0.25, -0.2) is 4.79 Å². The van der Waals surface area contributed by atoms with Crippen LogP contribution in [0.25, 0.3) is 6.08 Å². The summed E-state index contributed by atoms with van der Waals surface area (Å²) < 4.78 is 10.8. The second-order valence-electron chi connectivity index (χ2n) is 8.44. The fourth-order valence-corrected chi connectivity index (χ4v) is 4.03. The van der Waals surface area contributed by atoms with Gasteiger partial charge in [0.2, 0.25) is 0 Å². The van der Waals surface area contributed by atoms with E-state index in [4.69, 9.17) is 20.9 Å². The van der Waals surface area contributed by atoms with Gasteiger partial charge in [0.25, 0.3) is 0 Å². The van der Waals surface area contributed by atoms with Gasteiger partial charge >= 0.3 is 11.9 Å². The first-order chi connectivity index (χ1) is 15.9. The number of esters is 2. The minimum Gasteiger partial charge on any atom is -0.462 e. The van der Waals surface area contributed by atoms with Gasteiger partial charge in [-0.3, -0.25) is 4.79 Å². The van der Waals surface area contributed by atoms with Gasteiger partial charge in [0, 0.05) is 23.9 Å². The SMILES string of the molecule is C=CCC1CCC(C(=O)Oc2ccc(/C=C/C(=O)OCCc3ccc(N)cc3N)cc2)CC1. The summed E-state index contributed by atoms with van der Waals surface area (Å²) in [6.45, 7) is 4.02. The van der Waals surface area contributed by atoms with Crippen LogP contribution in [0.2, 0.25) is 0 Å². The number of benzene rings is 2. The standard InChI is InChI=1S/C27H32N2O4/c1-2-3-19-4-9-22(10-5-19)27(31)33-24-13-6-20(7-14-24)8-15-26(30)32-17-16-21-11-12-23(28)18-25(21)29/h2,6-8,11-15,18-19,22H,1,3-5,9-10,16-17,28-29H2/b15-8+. The molecule has 0 spiro atoms. The van der Waals surface area contributed by atoms with E-state index in [0.717, 1.165) is 43.2 Å². The Morgan fingerprint density at radius 2 is 1.76 bits per heavy atom. The molecule has 0 heterocycles. The lowest BCUT2D eigenvalue weighted by molar-refractivity contribution is -0.140. The van der Waals surface area contributed by atoms with Crippen molar-refractivity contribution >= 4 is 29.4 Å². The molecule has 1 fully saturated rings. The molecule has 1 aliphatic carbocycles. The van der Waals surface area contributed by atoms with Crippen LogP contribution in [-0.4, -0.2) is 18.5 Å². The Morgan fingerprint density at radius 1 is 1.03 bits per heavy atom. The zero-order valence-corrected chi connectivity index (χ0v) is 18.9. The van der Waals surface area contributed by atoms with Crippen LogP contribution in [-0.2, 0) is 20.7 Å². The van der Waals surface area contributed by atoms with Crippen molar-refractivity contribution in [1.29, 1.82) is 0 Å². The molecule has 0 bridgehead atoms. The molecular weight excluding hydrogens is 416 g/mol. The van der Waals surface area contributed by atoms with Crippen LogP contribution in [0.1, 0.15) is 43.2 Å². The molecule has 33 heavy (non-hydrogen) atoms. The van der Waals surface area contributed by atoms with Gasteiger partial charge < -0.3 is 20.9 Å². The van der Waals surface area contributed by atoms with E-state index in [1.807, 2.05) is 12.1 Å². The second-order valence-corrected chi connectivity index (χ2v) is 8.44. The fourth-order valence-electron chi connectivity index (χ4n) is 4.03. The third-order valence-electron chi connectivity index (χ3n) is 5.98. The first-order valence-corrected chi connectivity index (χ1v) is 11.4. The molecule has 6 heteroatoms. The molecule has 0 radical (unpaired) electrons. The lowest BCUT2D eigenvalue weighted by Gasteiger charge is -2.26. The molecule has 1 aliphatic rings. The van der Waals surface area contributed by atoms with Crippen molar-refractivity contribution in [3.05, 3.63) is 72.3 Å². The smallest absolute Gasteiger partial charge is 0.330 e. The lowest BCUT2D eigenvalue weighted by Crippen LogP contribution is -2.25. The van der Waals surface area contributed by atoms with E-state index in [2.05, 4.69) is 6.58 Å². The number of rotatable bonds is 9. The Balaban J connectivity index is 1.41. The molecule has 3 rings (SSSR count). The first kappa shape index (κ1) is 24.1. The Labute approximate surface area is 195 Å². The maximum atomic E-state index is 12.4. The topological polar surface area (TPSA) is 105 Å². The van der Waals surface area contributed by atoms with Crippen molar-refractivity contribution in [2.75, 3.05) is 18.1 Å². The number of hydrogen-bond donors (Lipinski definition) is 2. The number of carbonyl (C=O) groups excluding carboxylic acids is 2. The van der Waals surface area contributed by atoms with Crippen LogP contribution in [0.3, 0.4) is 0 Å². The third-order valence-corrected chi connectivity index (χ3v) is 5.98. The number of ether oxygens (including phenoxy) is 2. The summed E-state index contributed by atoms with van der Waals surface area (Å²) in [6, 6.07) is 12.3. The molecule has 0 atom stereocenters. The van der Waals surface area contributed by atoms with E-state index in [0.29, 0.717) is 29.5 Å². The molecule has 0 amide bonds. The minimum absolute atomic E-state index is 0.0380. The maximum Gasteiger partial charge on any atom is 0.330 e. The predicted molar refractivity (Wildman–Crippen MR) is 131 cm³/mol. The van der Waals surface area contributed by atoms with Gasteiger partial charge in [0.1, 0.15) is 5.75 Å². The third kappa shape index (κ3) is 7.52. The van der Waals surface area contributed by atoms with Gasteiger partial charge in [-0.2, -0.15) is 0 Å². The van der Waals surface area contributed by atoms with Crippen LogP contribution < -0.4 is 16.2 Å². The molecule has 2 aromatic rings. The minimum atomic E-state index is -0.438. The van der Waals surface area contributed by atoms with Gasteiger partial charge in [-0.1, -0.05) is 24.3 Å². The zero-order chi connectivity index (χ0) is 23.6. The number of nitrogen functional groups attached to an aromatic ring is 2. The van der Waals surface area contributed by atoms with Crippen molar-refractivity contribution < 1.29 is 19.1 Å². The number of anilines is 2. The van der Waals surface area contributed by atoms with Gasteiger partial charge in [-0.05, 0) is 79.5 Å². The summed E-state index contributed by atoms with van der Waals surface area (Å²) in [6.07, 6.45) is 10.3. The van der Waals surface area contributed by atoms with E-state index < -0.39 is 5.97 Å². The lowest BCUT2D eigenvalue weighted by atomic mass is 9.80. The quantitative estimate of drug-likeness (QED) is 0.185. The van der Waals surface area contributed by atoms with Crippen LogP contribution in [0, 0.1) is 11.8 Å². The highest BCUT2D eigenvalue weighted by Gasteiger charge is 2.27. The Hall–Kier alpha value is -3.54. The molecule has 6 nitrogen and oxygen atoms in total. The number of carbonyl (C=O) groups is 2. The molecule has 4 N–H and O–H groups in total. The fraction of sp³-hybridized carbons (Fsp3) is 0.333. The summed E-state index contributed by atoms with van der Waals surface area (Å²) >= 11 is 0. The van der Waals surface area contributed by atoms with E-state index in [9.17, 15) is 9.59 Å². The van der Waals surface area contributed by atoms with Crippen LogP contribution in [0.5, 0.6) is 5.75 Å². The summed E-state index contributed by atoms with van der Waals surface area (Å²) in [5.74, 6) is 0.505. The summed E-state index contributed by atoms with van der Waals surface area (Å²) in [4.78, 5) is 24.4. The Bertz CT molecular complexity index is 990. The predicted octanol–water partition coefficient (Wildman–Crippen LogP) is 4.94. The summed E-state index contributed by atoms with van der Waals surface area (Å²) in [5, 5.41) is 0. The average Bonchev–Trinajstić information content (AvgIpc) is 2.81. The van der Waals surface area contributed by atoms with E-state index in [1.54, 1.807) is 42.5 Å². The summed E-state index contributed by atoms with van der Waals surface area (Å²) in [7, 11) is 0. The first-order valence-electron chi connectivity index (χ1n) is 11.4.